The lowest BCUT2D eigenvalue weighted by Crippen LogP contribution is -2.46. The van der Waals surface area contributed by atoms with Gasteiger partial charge in [0.15, 0.2) is 0 Å². The van der Waals surface area contributed by atoms with Crippen molar-refractivity contribution in [2.75, 3.05) is 6.54 Å². The number of hydrogen-bond acceptors (Lipinski definition) is 1. The predicted octanol–water partition coefficient (Wildman–Crippen LogP) is 4.72. The van der Waals surface area contributed by atoms with E-state index in [1.807, 2.05) is 0 Å². The summed E-state index contributed by atoms with van der Waals surface area (Å²) < 4.78 is 0. The zero-order valence-electron chi connectivity index (χ0n) is 14.4. The maximum atomic E-state index is 12.5. The van der Waals surface area contributed by atoms with Gasteiger partial charge in [0.25, 0.3) is 0 Å². The number of carbonyl (C=O) groups is 1. The molecule has 1 amide bonds. The fraction of sp³-hybridized carbons (Fsp3) is 0.737. The molecule has 118 valence electrons. The van der Waals surface area contributed by atoms with E-state index in [0.717, 1.165) is 19.4 Å². The normalized spacial score (nSPS) is 23.8. The van der Waals surface area contributed by atoms with Crippen LogP contribution in [0.3, 0.4) is 0 Å². The van der Waals surface area contributed by atoms with E-state index in [2.05, 4.69) is 51.7 Å². The first-order valence-electron chi connectivity index (χ1n) is 8.43. The van der Waals surface area contributed by atoms with Crippen LogP contribution in [0.1, 0.15) is 66.7 Å². The predicted molar refractivity (Wildman–Crippen MR) is 89.0 cm³/mol. The smallest absolute Gasteiger partial charge is 0.226 e. The van der Waals surface area contributed by atoms with Gasteiger partial charge in [0.1, 0.15) is 0 Å². The molecule has 2 aliphatic rings. The highest BCUT2D eigenvalue weighted by molar-refractivity contribution is 5.81. The molecule has 0 heterocycles. The van der Waals surface area contributed by atoms with Gasteiger partial charge < -0.3 is 4.90 Å². The van der Waals surface area contributed by atoms with E-state index in [1.54, 1.807) is 0 Å². The van der Waals surface area contributed by atoms with Crippen molar-refractivity contribution < 1.29 is 4.79 Å². The highest BCUT2D eigenvalue weighted by atomic mass is 16.2. The van der Waals surface area contributed by atoms with Crippen LogP contribution < -0.4 is 0 Å². The molecule has 0 radical (unpaired) electrons. The minimum absolute atomic E-state index is 0.0838. The first-order valence-corrected chi connectivity index (χ1v) is 8.43. The van der Waals surface area contributed by atoms with Crippen molar-refractivity contribution in [3.63, 3.8) is 0 Å². The second-order valence-electron chi connectivity index (χ2n) is 7.86. The van der Waals surface area contributed by atoms with Crippen molar-refractivity contribution in [2.45, 2.75) is 72.3 Å². The standard InChI is InChI=1S/C19H31NO/c1-14-6-8-16(9-7-14)15(2)12-13-20(19(3,4)5)18(21)17-10-11-17/h6,12,16-17H,7-11,13H2,1-5H3/b15-12-. The highest BCUT2D eigenvalue weighted by Crippen LogP contribution is 2.34. The molecule has 2 rings (SSSR count). The van der Waals surface area contributed by atoms with E-state index < -0.39 is 0 Å². The molecule has 2 nitrogen and oxygen atoms in total. The summed E-state index contributed by atoms with van der Waals surface area (Å²) in [4.78, 5) is 14.5. The minimum Gasteiger partial charge on any atom is -0.334 e. The minimum atomic E-state index is -0.0838. The van der Waals surface area contributed by atoms with E-state index in [-0.39, 0.29) is 5.54 Å². The number of allylic oxidation sites excluding steroid dienone is 3. The Balaban J connectivity index is 2.00. The Kier molecular flexibility index (Phi) is 4.95. The molecular weight excluding hydrogens is 258 g/mol. The fourth-order valence-corrected chi connectivity index (χ4v) is 3.03. The molecule has 0 spiro atoms. The number of nitrogens with zero attached hydrogens (tertiary/aromatic N) is 1. The number of hydrogen-bond donors (Lipinski definition) is 0. The molecule has 0 bridgehead atoms. The third-order valence-electron chi connectivity index (χ3n) is 4.88. The van der Waals surface area contributed by atoms with Gasteiger partial charge in [0.05, 0.1) is 0 Å². The number of carbonyl (C=O) groups excluding carboxylic acids is 1. The van der Waals surface area contributed by atoms with Crippen LogP contribution in [0, 0.1) is 11.8 Å². The summed E-state index contributed by atoms with van der Waals surface area (Å²) in [7, 11) is 0. The van der Waals surface area contributed by atoms with Gasteiger partial charge >= 0.3 is 0 Å². The molecule has 1 atom stereocenters. The SMILES string of the molecule is CC1=CCC(/C(C)=C\CN(C(=O)C2CC2)C(C)(C)C)CC1. The summed E-state index contributed by atoms with van der Waals surface area (Å²) in [5.41, 5.74) is 2.90. The Morgan fingerprint density at radius 2 is 1.95 bits per heavy atom. The second-order valence-corrected chi connectivity index (χ2v) is 7.86. The lowest BCUT2D eigenvalue weighted by molar-refractivity contribution is -0.136. The third-order valence-corrected chi connectivity index (χ3v) is 4.88. The Bertz CT molecular complexity index is 449. The van der Waals surface area contributed by atoms with Crippen LogP contribution in [-0.4, -0.2) is 22.9 Å². The second kappa shape index (κ2) is 6.37. The van der Waals surface area contributed by atoms with Gasteiger partial charge in [-0.1, -0.05) is 23.3 Å². The van der Waals surface area contributed by atoms with Crippen molar-refractivity contribution in [2.24, 2.45) is 11.8 Å². The van der Waals surface area contributed by atoms with Crippen LogP contribution in [0.5, 0.6) is 0 Å². The quantitative estimate of drug-likeness (QED) is 0.686. The highest BCUT2D eigenvalue weighted by Gasteiger charge is 2.37. The van der Waals surface area contributed by atoms with Crippen LogP contribution in [0.15, 0.2) is 23.3 Å². The Morgan fingerprint density at radius 1 is 1.29 bits per heavy atom. The maximum absolute atomic E-state index is 12.5. The topological polar surface area (TPSA) is 20.3 Å². The molecule has 1 saturated carbocycles. The summed E-state index contributed by atoms with van der Waals surface area (Å²) in [6.45, 7) is 11.7. The first kappa shape index (κ1) is 16.3. The third kappa shape index (κ3) is 4.46. The Labute approximate surface area is 130 Å². The van der Waals surface area contributed by atoms with Gasteiger partial charge in [-0.15, -0.1) is 0 Å². The van der Waals surface area contributed by atoms with Crippen molar-refractivity contribution in [3.05, 3.63) is 23.3 Å². The van der Waals surface area contributed by atoms with Gasteiger partial charge in [-0.05, 0) is 72.6 Å². The van der Waals surface area contributed by atoms with Crippen LogP contribution in [-0.2, 0) is 4.79 Å². The van der Waals surface area contributed by atoms with E-state index in [4.69, 9.17) is 0 Å². The summed E-state index contributed by atoms with van der Waals surface area (Å²) >= 11 is 0. The fourth-order valence-electron chi connectivity index (χ4n) is 3.03. The summed E-state index contributed by atoms with van der Waals surface area (Å²) in [6.07, 6.45) is 10.5. The lowest BCUT2D eigenvalue weighted by Gasteiger charge is -2.35. The van der Waals surface area contributed by atoms with Crippen LogP contribution in [0.2, 0.25) is 0 Å². The molecule has 0 saturated heterocycles. The number of amides is 1. The first-order chi connectivity index (χ1) is 9.79. The average Bonchev–Trinajstić information content (AvgIpc) is 3.22. The average molecular weight is 289 g/mol. The maximum Gasteiger partial charge on any atom is 0.226 e. The van der Waals surface area contributed by atoms with Gasteiger partial charge in [-0.3, -0.25) is 4.79 Å². The Hall–Kier alpha value is -1.05. The molecule has 2 aliphatic carbocycles. The summed E-state index contributed by atoms with van der Waals surface area (Å²) in [6, 6.07) is 0. The molecule has 0 N–H and O–H groups in total. The largest absolute Gasteiger partial charge is 0.334 e. The molecule has 1 fully saturated rings. The zero-order valence-corrected chi connectivity index (χ0v) is 14.4. The number of rotatable bonds is 4. The molecule has 21 heavy (non-hydrogen) atoms. The van der Waals surface area contributed by atoms with Gasteiger partial charge in [-0.2, -0.15) is 0 Å². The van der Waals surface area contributed by atoms with Gasteiger partial charge in [0, 0.05) is 18.0 Å². The zero-order chi connectivity index (χ0) is 15.6. The Morgan fingerprint density at radius 3 is 2.43 bits per heavy atom. The molecule has 2 heteroatoms. The van der Waals surface area contributed by atoms with Crippen LogP contribution in [0.4, 0.5) is 0 Å². The van der Waals surface area contributed by atoms with Crippen molar-refractivity contribution >= 4 is 5.91 Å². The molecule has 1 unspecified atom stereocenters. The van der Waals surface area contributed by atoms with Crippen molar-refractivity contribution in [1.29, 1.82) is 0 Å². The molecule has 0 aromatic carbocycles. The molecule has 0 aliphatic heterocycles. The van der Waals surface area contributed by atoms with Crippen molar-refractivity contribution in [3.8, 4) is 0 Å². The molecular formula is C19H31NO. The van der Waals surface area contributed by atoms with E-state index in [1.165, 1.54) is 30.4 Å². The van der Waals surface area contributed by atoms with Gasteiger partial charge in [-0.25, -0.2) is 0 Å². The molecule has 0 aromatic rings. The lowest BCUT2D eigenvalue weighted by atomic mass is 9.85. The van der Waals surface area contributed by atoms with Crippen molar-refractivity contribution in [1.82, 2.24) is 4.90 Å². The van der Waals surface area contributed by atoms with E-state index in [0.29, 0.717) is 17.7 Å². The van der Waals surface area contributed by atoms with E-state index in [9.17, 15) is 4.79 Å². The van der Waals surface area contributed by atoms with Crippen LogP contribution >= 0.6 is 0 Å². The van der Waals surface area contributed by atoms with Crippen LogP contribution in [0.25, 0.3) is 0 Å². The summed E-state index contributed by atoms with van der Waals surface area (Å²) in [5.74, 6) is 1.33. The van der Waals surface area contributed by atoms with E-state index >= 15 is 0 Å². The molecule has 0 aromatic heterocycles. The monoisotopic (exact) mass is 289 g/mol. The summed E-state index contributed by atoms with van der Waals surface area (Å²) in [5, 5.41) is 0. The van der Waals surface area contributed by atoms with Gasteiger partial charge in [0.2, 0.25) is 5.91 Å².